The lowest BCUT2D eigenvalue weighted by atomic mass is 10.1. The molecule has 1 aliphatic rings. The van der Waals surface area contributed by atoms with Crippen molar-refractivity contribution in [3.05, 3.63) is 60.1 Å². The Morgan fingerprint density at radius 3 is 2.59 bits per heavy atom. The van der Waals surface area contributed by atoms with E-state index in [2.05, 4.69) is 62.1 Å². The number of aromatic nitrogens is 4. The topological polar surface area (TPSA) is 68.1 Å². The van der Waals surface area contributed by atoms with Gasteiger partial charge < -0.3 is 19.5 Å². The van der Waals surface area contributed by atoms with Crippen molar-refractivity contribution in [1.82, 2.24) is 19.5 Å². The summed E-state index contributed by atoms with van der Waals surface area (Å²) in [6.07, 6.45) is 6.62. The molecule has 4 aromatic rings. The number of anilines is 3. The first kappa shape index (κ1) is 20.7. The van der Waals surface area contributed by atoms with Crippen LogP contribution in [0, 0.1) is 0 Å². The lowest BCUT2D eigenvalue weighted by Crippen LogP contribution is -2.36. The lowest BCUT2D eigenvalue weighted by molar-refractivity contribution is 0.122. The van der Waals surface area contributed by atoms with Crippen LogP contribution in [0.3, 0.4) is 0 Å². The van der Waals surface area contributed by atoms with Crippen LogP contribution in [0.1, 0.15) is 13.3 Å². The number of nitrogens with zero attached hydrogens (tertiary/aromatic N) is 5. The van der Waals surface area contributed by atoms with Gasteiger partial charge in [-0.1, -0.05) is 18.5 Å². The Morgan fingerprint density at radius 1 is 1.03 bits per heavy atom. The molecule has 3 aromatic heterocycles. The number of benzene rings is 1. The van der Waals surface area contributed by atoms with Gasteiger partial charge in [-0.2, -0.15) is 0 Å². The smallest absolute Gasteiger partial charge is 0.227 e. The summed E-state index contributed by atoms with van der Waals surface area (Å²) >= 11 is 6.42. The first-order valence-corrected chi connectivity index (χ1v) is 11.3. The van der Waals surface area contributed by atoms with Gasteiger partial charge in [0.05, 0.1) is 24.4 Å². The lowest BCUT2D eigenvalue weighted by Gasteiger charge is -2.28. The molecule has 8 heteroatoms. The summed E-state index contributed by atoms with van der Waals surface area (Å²) in [7, 11) is 0. The molecule has 164 valence electrons. The first-order chi connectivity index (χ1) is 15.7. The van der Waals surface area contributed by atoms with Crippen molar-refractivity contribution in [3.8, 4) is 11.3 Å². The Balaban J connectivity index is 1.41. The number of halogens is 1. The summed E-state index contributed by atoms with van der Waals surface area (Å²) in [4.78, 5) is 15.8. The highest BCUT2D eigenvalue weighted by Crippen LogP contribution is 2.33. The fourth-order valence-electron chi connectivity index (χ4n) is 4.11. The van der Waals surface area contributed by atoms with Crippen LogP contribution in [-0.2, 0) is 11.3 Å². The summed E-state index contributed by atoms with van der Waals surface area (Å²) in [5.41, 5.74) is 4.95. The summed E-state index contributed by atoms with van der Waals surface area (Å²) in [6.45, 7) is 6.40. The molecule has 5 rings (SSSR count). The number of fused-ring (bicyclic) bond motifs is 1. The molecule has 0 radical (unpaired) electrons. The fraction of sp³-hybridized carbons (Fsp3) is 0.292. The van der Waals surface area contributed by atoms with Gasteiger partial charge >= 0.3 is 0 Å². The van der Waals surface area contributed by atoms with E-state index >= 15 is 0 Å². The summed E-state index contributed by atoms with van der Waals surface area (Å²) in [6, 6.07) is 12.3. The number of aryl methyl sites for hydroxylation is 1. The average Bonchev–Trinajstić information content (AvgIpc) is 3.20. The highest BCUT2D eigenvalue weighted by molar-refractivity contribution is 6.34. The molecule has 0 unspecified atom stereocenters. The molecule has 1 aromatic carbocycles. The summed E-state index contributed by atoms with van der Waals surface area (Å²) in [5.74, 6) is 0.554. The SMILES string of the molecule is CCCn1cc(-c2ccnc(Nc3ccc(N4CCOCC4)cc3)n2)c2ccnc(Cl)c21. The molecular weight excluding hydrogens is 424 g/mol. The maximum absolute atomic E-state index is 6.42. The molecule has 1 N–H and O–H groups in total. The number of ether oxygens (including phenoxy) is 1. The van der Waals surface area contributed by atoms with Gasteiger partial charge in [-0.15, -0.1) is 0 Å². The van der Waals surface area contributed by atoms with E-state index in [4.69, 9.17) is 21.3 Å². The fourth-order valence-corrected chi connectivity index (χ4v) is 4.37. The van der Waals surface area contributed by atoms with Crippen LogP contribution >= 0.6 is 11.6 Å². The Hall–Kier alpha value is -3.16. The number of rotatable bonds is 6. The molecule has 1 aliphatic heterocycles. The molecular formula is C24H25ClN6O. The van der Waals surface area contributed by atoms with Crippen molar-refractivity contribution in [3.63, 3.8) is 0 Å². The van der Waals surface area contributed by atoms with Gasteiger partial charge in [0.15, 0.2) is 5.15 Å². The number of nitrogens with one attached hydrogen (secondary N) is 1. The third-order valence-electron chi connectivity index (χ3n) is 5.64. The normalized spacial score (nSPS) is 14.1. The van der Waals surface area contributed by atoms with Crippen LogP contribution < -0.4 is 10.2 Å². The number of pyridine rings is 1. The monoisotopic (exact) mass is 448 g/mol. The Morgan fingerprint density at radius 2 is 1.81 bits per heavy atom. The van der Waals surface area contributed by atoms with Gasteiger partial charge in [0.2, 0.25) is 5.95 Å². The van der Waals surface area contributed by atoms with E-state index in [0.717, 1.165) is 67.1 Å². The second-order valence-corrected chi connectivity index (χ2v) is 8.13. The number of hydrogen-bond acceptors (Lipinski definition) is 6. The Labute approximate surface area is 192 Å². The maximum atomic E-state index is 6.42. The first-order valence-electron chi connectivity index (χ1n) is 10.9. The van der Waals surface area contributed by atoms with Crippen LogP contribution in [0.15, 0.2) is 55.0 Å². The third-order valence-corrected chi connectivity index (χ3v) is 5.91. The summed E-state index contributed by atoms with van der Waals surface area (Å²) in [5, 5.41) is 4.87. The molecule has 0 bridgehead atoms. The number of hydrogen-bond donors (Lipinski definition) is 1. The van der Waals surface area contributed by atoms with Crippen LogP contribution in [0.2, 0.25) is 5.15 Å². The van der Waals surface area contributed by atoms with Gasteiger partial charge in [0, 0.05) is 60.5 Å². The maximum Gasteiger partial charge on any atom is 0.227 e. The molecule has 0 saturated carbocycles. The van der Waals surface area contributed by atoms with Crippen molar-refractivity contribution >= 4 is 39.8 Å². The van der Waals surface area contributed by atoms with Gasteiger partial charge in [0.25, 0.3) is 0 Å². The quantitative estimate of drug-likeness (QED) is 0.412. The minimum Gasteiger partial charge on any atom is -0.378 e. The van der Waals surface area contributed by atoms with E-state index in [1.54, 1.807) is 12.4 Å². The van der Waals surface area contributed by atoms with Gasteiger partial charge in [-0.05, 0) is 42.8 Å². The highest BCUT2D eigenvalue weighted by Gasteiger charge is 2.15. The average molecular weight is 449 g/mol. The van der Waals surface area contributed by atoms with Gasteiger partial charge in [0.1, 0.15) is 0 Å². The molecule has 4 heterocycles. The van der Waals surface area contributed by atoms with Crippen LogP contribution in [-0.4, -0.2) is 45.8 Å². The molecule has 0 spiro atoms. The van der Waals surface area contributed by atoms with Gasteiger partial charge in [-0.3, -0.25) is 0 Å². The standard InChI is InChI=1S/C24H25ClN6O/c1-2-11-31-16-20(19-7-9-26-23(25)22(19)31)21-8-10-27-24(29-21)28-17-3-5-18(6-4-17)30-12-14-32-15-13-30/h3-10,16H,2,11-15H2,1H3,(H,27,28,29). The Bertz CT molecular complexity index is 1220. The van der Waals surface area contributed by atoms with E-state index in [0.29, 0.717) is 11.1 Å². The number of morpholine rings is 1. The van der Waals surface area contributed by atoms with Crippen molar-refractivity contribution < 1.29 is 4.74 Å². The minimum atomic E-state index is 0.509. The molecule has 1 saturated heterocycles. The molecule has 7 nitrogen and oxygen atoms in total. The summed E-state index contributed by atoms with van der Waals surface area (Å²) < 4.78 is 7.59. The van der Waals surface area contributed by atoms with Crippen LogP contribution in [0.4, 0.5) is 17.3 Å². The molecule has 1 fully saturated rings. The van der Waals surface area contributed by atoms with E-state index < -0.39 is 0 Å². The molecule has 32 heavy (non-hydrogen) atoms. The van der Waals surface area contributed by atoms with E-state index in [9.17, 15) is 0 Å². The van der Waals surface area contributed by atoms with E-state index in [1.165, 1.54) is 5.69 Å². The van der Waals surface area contributed by atoms with Crippen LogP contribution in [0.5, 0.6) is 0 Å². The zero-order valence-electron chi connectivity index (χ0n) is 18.0. The molecule has 0 atom stereocenters. The largest absolute Gasteiger partial charge is 0.378 e. The van der Waals surface area contributed by atoms with Crippen molar-refractivity contribution in [2.45, 2.75) is 19.9 Å². The predicted molar refractivity (Wildman–Crippen MR) is 129 cm³/mol. The minimum absolute atomic E-state index is 0.509. The van der Waals surface area contributed by atoms with Gasteiger partial charge in [-0.25, -0.2) is 15.0 Å². The van der Waals surface area contributed by atoms with Crippen molar-refractivity contribution in [1.29, 1.82) is 0 Å². The van der Waals surface area contributed by atoms with Crippen molar-refractivity contribution in [2.24, 2.45) is 0 Å². The Kier molecular flexibility index (Phi) is 5.92. The van der Waals surface area contributed by atoms with Crippen molar-refractivity contribution in [2.75, 3.05) is 36.5 Å². The van der Waals surface area contributed by atoms with E-state index in [1.807, 2.05) is 12.1 Å². The second kappa shape index (κ2) is 9.14. The molecule has 0 aliphatic carbocycles. The highest BCUT2D eigenvalue weighted by atomic mass is 35.5. The van der Waals surface area contributed by atoms with E-state index in [-0.39, 0.29) is 0 Å². The third kappa shape index (κ3) is 4.13. The predicted octanol–water partition coefficient (Wildman–Crippen LogP) is 5.14. The zero-order valence-corrected chi connectivity index (χ0v) is 18.7. The second-order valence-electron chi connectivity index (χ2n) is 7.77. The zero-order chi connectivity index (χ0) is 21.9. The van der Waals surface area contributed by atoms with Crippen LogP contribution in [0.25, 0.3) is 22.2 Å². The molecule has 0 amide bonds.